The summed E-state index contributed by atoms with van der Waals surface area (Å²) in [5, 5.41) is 8.13. The molecule has 0 saturated heterocycles. The topological polar surface area (TPSA) is 56.7 Å². The number of aromatic nitrogens is 3. The van der Waals surface area contributed by atoms with Crippen molar-refractivity contribution < 1.29 is 0 Å². The van der Waals surface area contributed by atoms with Gasteiger partial charge in [-0.1, -0.05) is 44.2 Å². The summed E-state index contributed by atoms with van der Waals surface area (Å²) in [6, 6.07) is 10.4. The number of benzene rings is 1. The van der Waals surface area contributed by atoms with Gasteiger partial charge in [0.2, 0.25) is 0 Å². The van der Waals surface area contributed by atoms with E-state index < -0.39 is 0 Å². The Bertz CT molecular complexity index is 528. The van der Waals surface area contributed by atoms with Crippen LogP contribution in [0.1, 0.15) is 26.5 Å². The maximum Gasteiger partial charge on any atom is 0.169 e. The number of thioether (sulfide) groups is 1. The highest BCUT2D eigenvalue weighted by atomic mass is 32.2. The second-order valence-corrected chi connectivity index (χ2v) is 6.63. The molecule has 2 N–H and O–H groups in total. The van der Waals surface area contributed by atoms with E-state index in [0.29, 0.717) is 5.82 Å². The second-order valence-electron chi connectivity index (χ2n) is 5.46. The first-order chi connectivity index (χ1) is 8.98. The van der Waals surface area contributed by atoms with Crippen LogP contribution in [0.4, 0.5) is 5.82 Å². The van der Waals surface area contributed by atoms with E-state index in [9.17, 15) is 0 Å². The Kier molecular flexibility index (Phi) is 4.14. The average Bonchev–Trinajstić information content (AvgIpc) is 2.72. The molecule has 4 nitrogen and oxygen atoms in total. The van der Waals surface area contributed by atoms with Gasteiger partial charge in [-0.2, -0.15) is 0 Å². The molecule has 2 aromatic rings. The molecule has 0 fully saturated rings. The normalized spacial score (nSPS) is 11.7. The summed E-state index contributed by atoms with van der Waals surface area (Å²) in [4.78, 5) is 1.27. The van der Waals surface area contributed by atoms with E-state index in [1.807, 2.05) is 22.5 Å². The molecule has 0 unspecified atom stereocenters. The third-order valence-electron chi connectivity index (χ3n) is 2.79. The van der Waals surface area contributed by atoms with Crippen molar-refractivity contribution in [3.63, 3.8) is 0 Å². The van der Waals surface area contributed by atoms with Crippen molar-refractivity contribution in [2.75, 3.05) is 11.5 Å². The molecule has 1 aromatic heterocycles. The van der Waals surface area contributed by atoms with Gasteiger partial charge in [-0.25, -0.2) is 4.68 Å². The SMILES string of the molecule is CC(C)(C)c1c(N)nnn1CCSc1ccccc1. The van der Waals surface area contributed by atoms with Crippen LogP contribution in [0.2, 0.25) is 0 Å². The monoisotopic (exact) mass is 276 g/mol. The van der Waals surface area contributed by atoms with Crippen LogP contribution < -0.4 is 5.73 Å². The molecule has 0 amide bonds. The number of hydrogen-bond donors (Lipinski definition) is 1. The summed E-state index contributed by atoms with van der Waals surface area (Å²) in [5.74, 6) is 1.49. The van der Waals surface area contributed by atoms with Crippen molar-refractivity contribution in [1.29, 1.82) is 0 Å². The van der Waals surface area contributed by atoms with E-state index >= 15 is 0 Å². The van der Waals surface area contributed by atoms with Crippen LogP contribution >= 0.6 is 11.8 Å². The minimum absolute atomic E-state index is 0.0367. The quantitative estimate of drug-likeness (QED) is 0.872. The van der Waals surface area contributed by atoms with Crippen LogP contribution in [0.3, 0.4) is 0 Å². The molecule has 1 aromatic carbocycles. The smallest absolute Gasteiger partial charge is 0.169 e. The Morgan fingerprint density at radius 1 is 1.21 bits per heavy atom. The summed E-state index contributed by atoms with van der Waals surface area (Å²) < 4.78 is 1.92. The fourth-order valence-electron chi connectivity index (χ4n) is 2.02. The fraction of sp³-hybridized carbons (Fsp3) is 0.429. The van der Waals surface area contributed by atoms with Crippen LogP contribution in [0, 0.1) is 0 Å². The first-order valence-electron chi connectivity index (χ1n) is 6.36. The first kappa shape index (κ1) is 13.9. The van der Waals surface area contributed by atoms with Gasteiger partial charge in [0.1, 0.15) is 0 Å². The van der Waals surface area contributed by atoms with E-state index in [0.717, 1.165) is 18.0 Å². The molecular weight excluding hydrogens is 256 g/mol. The van der Waals surface area contributed by atoms with Gasteiger partial charge < -0.3 is 5.73 Å². The Balaban J connectivity index is 2.01. The van der Waals surface area contributed by atoms with Gasteiger partial charge in [-0.05, 0) is 12.1 Å². The number of nitrogens with two attached hydrogens (primary N) is 1. The summed E-state index contributed by atoms with van der Waals surface area (Å²) in [7, 11) is 0. The number of anilines is 1. The zero-order valence-corrected chi connectivity index (χ0v) is 12.4. The van der Waals surface area contributed by atoms with Gasteiger partial charge in [-0.15, -0.1) is 16.9 Å². The van der Waals surface area contributed by atoms with Gasteiger partial charge in [0, 0.05) is 16.1 Å². The summed E-state index contributed by atoms with van der Waals surface area (Å²) in [5.41, 5.74) is 6.89. The van der Waals surface area contributed by atoms with Gasteiger partial charge in [0.05, 0.1) is 12.2 Å². The maximum absolute atomic E-state index is 5.91. The van der Waals surface area contributed by atoms with Crippen LogP contribution in [0.15, 0.2) is 35.2 Å². The zero-order valence-electron chi connectivity index (χ0n) is 11.6. The van der Waals surface area contributed by atoms with E-state index in [2.05, 4.69) is 55.3 Å². The Labute approximate surface area is 118 Å². The zero-order chi connectivity index (χ0) is 13.9. The minimum Gasteiger partial charge on any atom is -0.381 e. The van der Waals surface area contributed by atoms with Gasteiger partial charge in [0.25, 0.3) is 0 Å². The molecular formula is C14H20N4S. The van der Waals surface area contributed by atoms with Crippen molar-refractivity contribution in [3.05, 3.63) is 36.0 Å². The highest BCUT2D eigenvalue weighted by Gasteiger charge is 2.23. The lowest BCUT2D eigenvalue weighted by molar-refractivity contribution is 0.496. The summed E-state index contributed by atoms with van der Waals surface area (Å²) in [6.45, 7) is 7.20. The van der Waals surface area contributed by atoms with Crippen molar-refractivity contribution in [2.24, 2.45) is 0 Å². The molecule has 1 heterocycles. The Morgan fingerprint density at radius 3 is 2.53 bits per heavy atom. The molecule has 19 heavy (non-hydrogen) atoms. The second kappa shape index (κ2) is 5.65. The molecule has 0 aliphatic carbocycles. The van der Waals surface area contributed by atoms with Crippen LogP contribution in [-0.4, -0.2) is 20.7 Å². The van der Waals surface area contributed by atoms with Gasteiger partial charge in [0.15, 0.2) is 5.82 Å². The predicted molar refractivity (Wildman–Crippen MR) is 80.3 cm³/mol. The van der Waals surface area contributed by atoms with Crippen molar-refractivity contribution in [2.45, 2.75) is 37.6 Å². The molecule has 0 saturated carbocycles. The molecule has 2 rings (SSSR count). The number of aryl methyl sites for hydroxylation is 1. The van der Waals surface area contributed by atoms with E-state index in [1.54, 1.807) is 0 Å². The highest BCUT2D eigenvalue weighted by Crippen LogP contribution is 2.26. The number of rotatable bonds is 4. The third kappa shape index (κ3) is 3.50. The van der Waals surface area contributed by atoms with E-state index in [1.165, 1.54) is 4.90 Å². The third-order valence-corrected chi connectivity index (χ3v) is 3.78. The molecule has 102 valence electrons. The standard InChI is InChI=1S/C14H20N4S/c1-14(2,3)12-13(15)16-17-18(12)9-10-19-11-7-5-4-6-8-11/h4-8H,9-10,15H2,1-3H3. The van der Waals surface area contributed by atoms with Crippen LogP contribution in [0.25, 0.3) is 0 Å². The lowest BCUT2D eigenvalue weighted by atomic mass is 9.92. The molecule has 0 radical (unpaired) electrons. The molecule has 0 spiro atoms. The van der Waals surface area contributed by atoms with Crippen LogP contribution in [-0.2, 0) is 12.0 Å². The molecule has 0 atom stereocenters. The highest BCUT2D eigenvalue weighted by molar-refractivity contribution is 7.99. The van der Waals surface area contributed by atoms with Crippen molar-refractivity contribution in [3.8, 4) is 0 Å². The average molecular weight is 276 g/mol. The van der Waals surface area contributed by atoms with E-state index in [-0.39, 0.29) is 5.41 Å². The fourth-order valence-corrected chi connectivity index (χ4v) is 2.87. The number of nitrogen functional groups attached to an aromatic ring is 1. The van der Waals surface area contributed by atoms with Crippen molar-refractivity contribution in [1.82, 2.24) is 15.0 Å². The number of hydrogen-bond acceptors (Lipinski definition) is 4. The Hall–Kier alpha value is -1.49. The maximum atomic E-state index is 5.91. The summed E-state index contributed by atoms with van der Waals surface area (Å²) in [6.07, 6.45) is 0. The molecule has 5 heteroatoms. The first-order valence-corrected chi connectivity index (χ1v) is 7.34. The molecule has 0 bridgehead atoms. The minimum atomic E-state index is -0.0367. The lowest BCUT2D eigenvalue weighted by Gasteiger charge is -2.20. The summed E-state index contributed by atoms with van der Waals surface area (Å²) >= 11 is 1.81. The largest absolute Gasteiger partial charge is 0.381 e. The Morgan fingerprint density at radius 2 is 1.89 bits per heavy atom. The predicted octanol–water partition coefficient (Wildman–Crippen LogP) is 2.95. The molecule has 0 aliphatic heterocycles. The lowest BCUT2D eigenvalue weighted by Crippen LogP contribution is -2.20. The van der Waals surface area contributed by atoms with Crippen LogP contribution in [0.5, 0.6) is 0 Å². The van der Waals surface area contributed by atoms with Gasteiger partial charge in [-0.3, -0.25) is 0 Å². The van der Waals surface area contributed by atoms with Gasteiger partial charge >= 0.3 is 0 Å². The van der Waals surface area contributed by atoms with Crippen molar-refractivity contribution >= 4 is 17.6 Å². The van der Waals surface area contributed by atoms with E-state index in [4.69, 9.17) is 5.73 Å². The number of nitrogens with zero attached hydrogens (tertiary/aromatic N) is 3. The molecule has 0 aliphatic rings.